The van der Waals surface area contributed by atoms with Crippen molar-refractivity contribution in [3.05, 3.63) is 30.3 Å². The molecule has 0 atom stereocenters. The number of hydrogen-bond acceptors (Lipinski definition) is 7. The smallest absolute Gasteiger partial charge is 0.321 e. The molecule has 1 aromatic carbocycles. The van der Waals surface area contributed by atoms with Gasteiger partial charge in [-0.1, -0.05) is 0 Å². The zero-order valence-corrected chi connectivity index (χ0v) is 12.0. The first-order chi connectivity index (χ1) is 11.3. The van der Waals surface area contributed by atoms with Crippen molar-refractivity contribution in [1.82, 2.24) is 9.97 Å². The molecule has 0 radical (unpaired) electrons. The normalized spacial score (nSPS) is 12.8. The summed E-state index contributed by atoms with van der Waals surface area (Å²) < 4.78 is 57.1. The van der Waals surface area contributed by atoms with Gasteiger partial charge in [0.25, 0.3) is 10.0 Å². The van der Waals surface area contributed by atoms with E-state index in [1.807, 2.05) is 0 Å². The third-order valence-corrected chi connectivity index (χ3v) is 3.70. The van der Waals surface area contributed by atoms with E-state index in [1.165, 1.54) is 44.6 Å². The number of ether oxygens (including phenoxy) is 2. The second-order valence-corrected chi connectivity index (χ2v) is 5.42. The molecule has 0 aliphatic heterocycles. The standard InChI is InChI=1S/C12H14N4O4S/c1-19-11-7-10(14-12(15-11)20-2)16-21(17,18)9-5-3-8(13)4-6-9/h3-7H,13H2,1-2H3,(H,14,15,16)/i/hD3. The van der Waals surface area contributed by atoms with Crippen LogP contribution < -0.4 is 19.9 Å². The summed E-state index contributed by atoms with van der Waals surface area (Å²) in [5.41, 5.74) is 0.519. The molecular weight excluding hydrogens is 296 g/mol. The molecule has 112 valence electrons. The fourth-order valence-electron chi connectivity index (χ4n) is 1.43. The molecule has 9 heteroatoms. The molecule has 0 aliphatic rings. The SMILES string of the molecule is [2H]N([2H])c1ccc(S(=O)(=O)N([2H])c2cc(OC)nc(OC)n2)cc1. The van der Waals surface area contributed by atoms with Crippen LogP contribution in [0.25, 0.3) is 0 Å². The number of benzene rings is 1. The van der Waals surface area contributed by atoms with Gasteiger partial charge in [0.2, 0.25) is 5.88 Å². The summed E-state index contributed by atoms with van der Waals surface area (Å²) in [7, 11) is -1.59. The molecule has 1 heterocycles. The van der Waals surface area contributed by atoms with Gasteiger partial charge in [-0.3, -0.25) is 4.72 Å². The molecule has 2 rings (SSSR count). The van der Waals surface area contributed by atoms with Gasteiger partial charge in [-0.25, -0.2) is 8.42 Å². The zero-order valence-electron chi connectivity index (χ0n) is 14.2. The Morgan fingerprint density at radius 3 is 2.52 bits per heavy atom. The molecule has 0 spiro atoms. The molecular formula is C12H14N4O4S. The number of nitrogens with one attached hydrogen (secondary N) is 1. The Kier molecular flexibility index (Phi) is 3.10. The van der Waals surface area contributed by atoms with E-state index in [4.69, 9.17) is 13.7 Å². The summed E-state index contributed by atoms with van der Waals surface area (Å²) in [5.74, 6) is -0.218. The van der Waals surface area contributed by atoms with Gasteiger partial charge in [0, 0.05) is 11.8 Å². The third-order valence-electron chi connectivity index (χ3n) is 2.41. The maximum Gasteiger partial charge on any atom is 0.321 e. The van der Waals surface area contributed by atoms with E-state index in [2.05, 4.69) is 9.97 Å². The van der Waals surface area contributed by atoms with Gasteiger partial charge >= 0.3 is 6.01 Å². The van der Waals surface area contributed by atoms with Crippen molar-refractivity contribution >= 4 is 21.5 Å². The summed E-state index contributed by atoms with van der Waals surface area (Å²) in [6, 6.07) is 5.97. The largest absolute Gasteiger partial charge is 0.481 e. The van der Waals surface area contributed by atoms with Crippen molar-refractivity contribution in [3.8, 4) is 11.9 Å². The number of nitrogens with zero attached hydrogens (tertiary/aromatic N) is 2. The summed E-state index contributed by atoms with van der Waals surface area (Å²) in [6.07, 6.45) is 0. The average Bonchev–Trinajstić information content (AvgIpc) is 2.60. The summed E-state index contributed by atoms with van der Waals surface area (Å²) in [4.78, 5) is 7.45. The number of nitrogens with two attached hydrogens (primary N) is 1. The lowest BCUT2D eigenvalue weighted by Gasteiger charge is -2.09. The van der Waals surface area contributed by atoms with Crippen molar-refractivity contribution < 1.29 is 22.1 Å². The molecule has 0 amide bonds. The summed E-state index contributed by atoms with van der Waals surface area (Å²) >= 11 is 0. The Labute approximate surface area is 126 Å². The van der Waals surface area contributed by atoms with Crippen molar-refractivity contribution in [2.24, 2.45) is 0 Å². The highest BCUT2D eigenvalue weighted by Gasteiger charge is 2.16. The highest BCUT2D eigenvalue weighted by Crippen LogP contribution is 2.20. The molecule has 0 bridgehead atoms. The van der Waals surface area contributed by atoms with Crippen LogP contribution in [0.1, 0.15) is 0 Å². The molecule has 21 heavy (non-hydrogen) atoms. The maximum atomic E-state index is 12.5. The first kappa shape index (κ1) is 11.1. The highest BCUT2D eigenvalue weighted by molar-refractivity contribution is 7.92. The number of methoxy groups -OCH3 is 2. The van der Waals surface area contributed by atoms with Gasteiger partial charge in [0.1, 0.15) is 0 Å². The number of sulfonamides is 1. The quantitative estimate of drug-likeness (QED) is 0.760. The van der Waals surface area contributed by atoms with Crippen molar-refractivity contribution in [2.45, 2.75) is 4.90 Å². The van der Waals surface area contributed by atoms with Crippen LogP contribution in [-0.2, 0) is 10.0 Å². The number of rotatable bonds is 6. The lowest BCUT2D eigenvalue weighted by molar-refractivity contribution is 0.353. The van der Waals surface area contributed by atoms with Crippen LogP contribution in [0.3, 0.4) is 0 Å². The molecule has 2 aromatic rings. The van der Waals surface area contributed by atoms with Gasteiger partial charge < -0.3 is 15.2 Å². The van der Waals surface area contributed by atoms with Crippen LogP contribution >= 0.6 is 0 Å². The lowest BCUT2D eigenvalue weighted by Crippen LogP contribution is -2.14. The summed E-state index contributed by atoms with van der Waals surface area (Å²) in [6.45, 7) is 0. The Balaban J connectivity index is 2.41. The number of anilines is 2. The number of hydrogen-bond donors (Lipinski definition) is 2. The van der Waals surface area contributed by atoms with Crippen LogP contribution in [0.4, 0.5) is 11.5 Å². The Morgan fingerprint density at radius 1 is 1.24 bits per heavy atom. The van der Waals surface area contributed by atoms with E-state index in [0.717, 1.165) is 0 Å². The van der Waals surface area contributed by atoms with Crippen molar-refractivity contribution in [3.63, 3.8) is 0 Å². The Bertz CT molecular complexity index is 795. The van der Waals surface area contributed by atoms with E-state index < -0.39 is 10.0 Å². The minimum Gasteiger partial charge on any atom is -0.481 e. The second kappa shape index (κ2) is 5.83. The first-order valence-electron chi connectivity index (χ1n) is 7.03. The van der Waals surface area contributed by atoms with Gasteiger partial charge in [-0.2, -0.15) is 9.97 Å². The molecule has 1 aromatic heterocycles. The monoisotopic (exact) mass is 313 g/mol. The van der Waals surface area contributed by atoms with Gasteiger partial charge in [-0.05, 0) is 24.3 Å². The molecule has 0 saturated heterocycles. The average molecular weight is 313 g/mol. The van der Waals surface area contributed by atoms with Gasteiger partial charge in [0.05, 0.1) is 19.1 Å². The molecule has 0 unspecified atom stereocenters. The number of aromatic nitrogens is 2. The lowest BCUT2D eigenvalue weighted by atomic mass is 10.3. The molecule has 0 aliphatic carbocycles. The highest BCUT2D eigenvalue weighted by atomic mass is 32.2. The van der Waals surface area contributed by atoms with E-state index in [9.17, 15) is 8.42 Å². The Hall–Kier alpha value is -2.55. The molecule has 3 N–H and O–H groups in total. The molecule has 8 nitrogen and oxygen atoms in total. The third kappa shape index (κ3) is 3.51. The predicted molar refractivity (Wildman–Crippen MR) is 76.8 cm³/mol. The van der Waals surface area contributed by atoms with Crippen LogP contribution in [0, 0.1) is 0 Å². The van der Waals surface area contributed by atoms with E-state index in [-0.39, 0.29) is 33.0 Å². The minimum absolute atomic E-state index is 0.0405. The summed E-state index contributed by atoms with van der Waals surface area (Å²) in [5, 5.41) is 0. The fraction of sp³-hybridized carbons (Fsp3) is 0.167. The minimum atomic E-state index is -4.23. The maximum absolute atomic E-state index is 12.5. The first-order valence-corrected chi connectivity index (χ1v) is 7.13. The predicted octanol–water partition coefficient (Wildman–Crippen LogP) is 0.877. The van der Waals surface area contributed by atoms with Crippen LogP contribution in [0.5, 0.6) is 11.9 Å². The van der Waals surface area contributed by atoms with Crippen LogP contribution in [0.15, 0.2) is 35.2 Å². The van der Waals surface area contributed by atoms with E-state index >= 15 is 0 Å². The van der Waals surface area contributed by atoms with E-state index in [0.29, 0.717) is 5.72 Å². The van der Waals surface area contributed by atoms with E-state index in [1.54, 1.807) is 0 Å². The fourth-order valence-corrected chi connectivity index (χ4v) is 2.35. The second-order valence-electron chi connectivity index (χ2n) is 3.82. The van der Waals surface area contributed by atoms with Crippen LogP contribution in [-0.4, -0.2) is 32.6 Å². The van der Waals surface area contributed by atoms with Crippen molar-refractivity contribution in [2.75, 3.05) is 24.7 Å². The van der Waals surface area contributed by atoms with Gasteiger partial charge in [-0.15, -0.1) is 0 Å². The number of nitrogen functional groups attached to an aromatic ring is 1. The topological polar surface area (TPSA) is 116 Å². The zero-order chi connectivity index (χ0) is 17.9. The van der Waals surface area contributed by atoms with Crippen LogP contribution in [0.2, 0.25) is 4.24 Å². The molecule has 0 saturated carbocycles. The molecule has 0 fully saturated rings. The van der Waals surface area contributed by atoms with Gasteiger partial charge in [0.15, 0.2) is 10.1 Å². The van der Waals surface area contributed by atoms with Crippen molar-refractivity contribution in [1.29, 1.82) is 0 Å². The Morgan fingerprint density at radius 2 is 1.95 bits per heavy atom.